The highest BCUT2D eigenvalue weighted by molar-refractivity contribution is 5.42. The molecule has 4 nitrogen and oxygen atoms in total. The van der Waals surface area contributed by atoms with Crippen LogP contribution in [0.1, 0.15) is 29.0 Å². The highest BCUT2D eigenvalue weighted by atomic mass is 19.1. The molecule has 0 amide bonds. The van der Waals surface area contributed by atoms with Gasteiger partial charge in [-0.05, 0) is 73.8 Å². The number of rotatable bonds is 6. The number of halogens is 1. The van der Waals surface area contributed by atoms with Crippen LogP contribution < -0.4 is 0 Å². The van der Waals surface area contributed by atoms with Crippen LogP contribution in [0.4, 0.5) is 4.39 Å². The Labute approximate surface area is 166 Å². The summed E-state index contributed by atoms with van der Waals surface area (Å²) in [5.41, 5.74) is 3.70. The predicted molar refractivity (Wildman–Crippen MR) is 108 cm³/mol. The highest BCUT2D eigenvalue weighted by Gasteiger charge is 2.44. The number of nitrogens with zero attached hydrogens (tertiary/aromatic N) is 2. The number of aliphatic hydroxyl groups is 1. The fourth-order valence-electron chi connectivity index (χ4n) is 5.12. The van der Waals surface area contributed by atoms with Gasteiger partial charge in [0.05, 0.1) is 6.61 Å². The van der Waals surface area contributed by atoms with E-state index in [-0.39, 0.29) is 12.4 Å². The van der Waals surface area contributed by atoms with E-state index in [4.69, 9.17) is 0 Å². The molecule has 5 heteroatoms. The summed E-state index contributed by atoms with van der Waals surface area (Å²) < 4.78 is 13.2. The largest absolute Gasteiger partial charge is 0.508 e. The first-order valence-corrected chi connectivity index (χ1v) is 10.2. The van der Waals surface area contributed by atoms with E-state index in [9.17, 15) is 14.6 Å². The fourth-order valence-corrected chi connectivity index (χ4v) is 5.12. The maximum absolute atomic E-state index is 13.2. The molecule has 3 unspecified atom stereocenters. The molecular formula is C23H29FN2O2. The van der Waals surface area contributed by atoms with Crippen molar-refractivity contribution in [1.29, 1.82) is 0 Å². The molecule has 2 aromatic carbocycles. The lowest BCUT2D eigenvalue weighted by Gasteiger charge is -2.52. The summed E-state index contributed by atoms with van der Waals surface area (Å²) in [5.74, 6) is 0.475. The van der Waals surface area contributed by atoms with Gasteiger partial charge in [0, 0.05) is 31.1 Å². The van der Waals surface area contributed by atoms with Crippen molar-refractivity contribution in [2.24, 2.45) is 0 Å². The molecule has 0 radical (unpaired) electrons. The first-order valence-electron chi connectivity index (χ1n) is 10.2. The van der Waals surface area contributed by atoms with Crippen molar-refractivity contribution in [2.45, 2.75) is 37.3 Å². The number of benzene rings is 2. The molecule has 2 N–H and O–H groups in total. The van der Waals surface area contributed by atoms with Crippen molar-refractivity contribution in [3.05, 3.63) is 65.0 Å². The van der Waals surface area contributed by atoms with Crippen molar-refractivity contribution in [2.75, 3.05) is 33.3 Å². The van der Waals surface area contributed by atoms with E-state index in [1.807, 2.05) is 18.2 Å². The van der Waals surface area contributed by atoms with Crippen molar-refractivity contribution >= 4 is 0 Å². The monoisotopic (exact) mass is 384 g/mol. The number of fused-ring (bicyclic) bond motifs is 4. The zero-order chi connectivity index (χ0) is 19.7. The number of phenolic OH excluding ortho intramolecular Hbond substituents is 1. The first kappa shape index (κ1) is 19.4. The van der Waals surface area contributed by atoms with E-state index >= 15 is 0 Å². The molecule has 1 aliphatic carbocycles. The Morgan fingerprint density at radius 3 is 2.68 bits per heavy atom. The van der Waals surface area contributed by atoms with Gasteiger partial charge in [-0.3, -0.25) is 4.90 Å². The van der Waals surface area contributed by atoms with E-state index in [0.717, 1.165) is 37.9 Å². The van der Waals surface area contributed by atoms with Crippen LogP contribution in [0.5, 0.6) is 5.75 Å². The second-order valence-corrected chi connectivity index (χ2v) is 8.16. The molecule has 28 heavy (non-hydrogen) atoms. The maximum atomic E-state index is 13.2. The van der Waals surface area contributed by atoms with Crippen LogP contribution in [0.15, 0.2) is 42.5 Å². The minimum Gasteiger partial charge on any atom is -0.508 e. The Morgan fingerprint density at radius 1 is 1.14 bits per heavy atom. The third-order valence-corrected chi connectivity index (χ3v) is 6.53. The number of aliphatic hydroxyl groups excluding tert-OH is 1. The second kappa shape index (κ2) is 8.19. The molecule has 1 saturated heterocycles. The van der Waals surface area contributed by atoms with Gasteiger partial charge in [0.25, 0.3) is 0 Å². The Morgan fingerprint density at radius 2 is 1.93 bits per heavy atom. The molecule has 2 aliphatic rings. The lowest BCUT2D eigenvalue weighted by molar-refractivity contribution is 0.0220. The van der Waals surface area contributed by atoms with Gasteiger partial charge in [0.1, 0.15) is 11.6 Å². The van der Waals surface area contributed by atoms with Gasteiger partial charge in [0.15, 0.2) is 0 Å². The Balaban J connectivity index is 1.60. The SMILES string of the molecule is CN1CCC2c3cc(O)ccc3CC1C2N(CCO)CCc1ccc(F)cc1. The molecule has 0 aromatic heterocycles. The minimum atomic E-state index is -0.212. The van der Waals surface area contributed by atoms with E-state index < -0.39 is 0 Å². The van der Waals surface area contributed by atoms with Crippen molar-refractivity contribution in [3.8, 4) is 5.75 Å². The van der Waals surface area contributed by atoms with Crippen LogP contribution in [0.25, 0.3) is 0 Å². The molecule has 150 valence electrons. The number of aromatic hydroxyl groups is 1. The molecule has 2 bridgehead atoms. The molecule has 4 rings (SSSR count). The second-order valence-electron chi connectivity index (χ2n) is 8.16. The van der Waals surface area contributed by atoms with Crippen LogP contribution in [-0.4, -0.2) is 65.4 Å². The van der Waals surface area contributed by atoms with Crippen molar-refractivity contribution in [3.63, 3.8) is 0 Å². The standard InChI is InChI=1S/C23H29FN2O2/c1-25-10-9-20-21-15-19(28)7-4-17(21)14-22(25)23(20)26(12-13-27)11-8-16-2-5-18(24)6-3-16/h2-7,15,20,22-23,27-28H,8-14H2,1H3. The minimum absolute atomic E-state index is 0.121. The summed E-state index contributed by atoms with van der Waals surface area (Å²) in [6.45, 7) is 2.62. The van der Waals surface area contributed by atoms with Crippen LogP contribution in [-0.2, 0) is 12.8 Å². The zero-order valence-corrected chi connectivity index (χ0v) is 16.4. The maximum Gasteiger partial charge on any atom is 0.123 e. The summed E-state index contributed by atoms with van der Waals surface area (Å²) in [7, 11) is 2.19. The molecule has 2 aromatic rings. The van der Waals surface area contributed by atoms with Crippen LogP contribution in [0.3, 0.4) is 0 Å². The molecule has 1 aliphatic heterocycles. The number of piperidine rings is 1. The Kier molecular flexibility index (Phi) is 5.67. The average molecular weight is 384 g/mol. The van der Waals surface area contributed by atoms with E-state index in [1.54, 1.807) is 6.07 Å². The van der Waals surface area contributed by atoms with Crippen molar-refractivity contribution < 1.29 is 14.6 Å². The van der Waals surface area contributed by atoms with Gasteiger partial charge in [-0.15, -0.1) is 0 Å². The lowest BCUT2D eigenvalue weighted by Crippen LogP contribution is -2.61. The lowest BCUT2D eigenvalue weighted by atomic mass is 9.71. The number of likely N-dealkylation sites (N-methyl/N-ethyl adjacent to an activating group) is 1. The molecule has 1 heterocycles. The van der Waals surface area contributed by atoms with E-state index in [2.05, 4.69) is 22.9 Å². The summed E-state index contributed by atoms with van der Waals surface area (Å²) in [6.07, 6.45) is 2.84. The summed E-state index contributed by atoms with van der Waals surface area (Å²) in [4.78, 5) is 4.85. The summed E-state index contributed by atoms with van der Waals surface area (Å²) in [6, 6.07) is 13.2. The van der Waals surface area contributed by atoms with Gasteiger partial charge in [0.2, 0.25) is 0 Å². The number of likely N-dealkylation sites (tertiary alicyclic amines) is 1. The zero-order valence-electron chi connectivity index (χ0n) is 16.4. The van der Waals surface area contributed by atoms with Crippen LogP contribution >= 0.6 is 0 Å². The molecule has 1 fully saturated rings. The first-order chi connectivity index (χ1) is 13.6. The van der Waals surface area contributed by atoms with E-state index in [1.165, 1.54) is 23.3 Å². The van der Waals surface area contributed by atoms with Gasteiger partial charge in [-0.2, -0.15) is 0 Å². The van der Waals surface area contributed by atoms with Gasteiger partial charge in [-0.1, -0.05) is 18.2 Å². The molecular weight excluding hydrogens is 355 g/mol. The van der Waals surface area contributed by atoms with Gasteiger partial charge < -0.3 is 15.1 Å². The fraction of sp³-hybridized carbons (Fsp3) is 0.478. The summed E-state index contributed by atoms with van der Waals surface area (Å²) in [5, 5.41) is 19.8. The quantitative estimate of drug-likeness (QED) is 0.804. The normalized spacial score (nSPS) is 24.4. The smallest absolute Gasteiger partial charge is 0.123 e. The van der Waals surface area contributed by atoms with Gasteiger partial charge >= 0.3 is 0 Å². The average Bonchev–Trinajstić information content (AvgIpc) is 2.69. The topological polar surface area (TPSA) is 46.9 Å². The van der Waals surface area contributed by atoms with E-state index in [0.29, 0.717) is 30.3 Å². The molecule has 0 saturated carbocycles. The Bertz CT molecular complexity index is 811. The third kappa shape index (κ3) is 3.79. The number of hydrogen-bond donors (Lipinski definition) is 2. The predicted octanol–water partition coefficient (Wildman–Crippen LogP) is 2.78. The molecule has 0 spiro atoms. The summed E-state index contributed by atoms with van der Waals surface area (Å²) >= 11 is 0. The van der Waals surface area contributed by atoms with Crippen LogP contribution in [0.2, 0.25) is 0 Å². The number of hydrogen-bond acceptors (Lipinski definition) is 4. The van der Waals surface area contributed by atoms with Crippen molar-refractivity contribution in [1.82, 2.24) is 9.80 Å². The third-order valence-electron chi connectivity index (χ3n) is 6.53. The van der Waals surface area contributed by atoms with Crippen LogP contribution in [0, 0.1) is 5.82 Å². The number of phenols is 1. The molecule has 3 atom stereocenters. The van der Waals surface area contributed by atoms with Gasteiger partial charge in [-0.25, -0.2) is 4.39 Å². The Hall–Kier alpha value is -1.95. The highest BCUT2D eigenvalue weighted by Crippen LogP contribution is 2.43.